The maximum absolute atomic E-state index is 3.75. The van der Waals surface area contributed by atoms with Crippen molar-refractivity contribution in [2.75, 3.05) is 0 Å². The molecule has 0 fully saturated rings. The summed E-state index contributed by atoms with van der Waals surface area (Å²) in [5.74, 6) is 0. The zero-order valence-corrected chi connectivity index (χ0v) is 36.5. The van der Waals surface area contributed by atoms with E-state index in [1.807, 2.05) is 0 Å². The van der Waals surface area contributed by atoms with Gasteiger partial charge in [-0.1, -0.05) is 165 Å². The predicted molar refractivity (Wildman–Crippen MR) is 231 cm³/mol. The van der Waals surface area contributed by atoms with Crippen LogP contribution in [0.15, 0.2) is 104 Å². The predicted octanol–water partition coefficient (Wildman–Crippen LogP) is 14.5. The van der Waals surface area contributed by atoms with Gasteiger partial charge >= 0.3 is 0 Å². The van der Waals surface area contributed by atoms with Crippen LogP contribution in [0.3, 0.4) is 0 Å². The van der Waals surface area contributed by atoms with Gasteiger partial charge in [0.1, 0.15) is 0 Å². The average Bonchev–Trinajstić information content (AvgIpc) is 3.78. The average molecular weight is 819 g/mol. The Morgan fingerprint density at radius 2 is 0.640 bits per heavy atom. The molecule has 0 amide bonds. The Morgan fingerprint density at radius 3 is 0.960 bits per heavy atom. The van der Waals surface area contributed by atoms with Crippen molar-refractivity contribution >= 4 is 72.3 Å². The molecular formula is C46H50Br2Si2. The number of allylic oxidation sites excluding steroid dienone is 4. The summed E-state index contributed by atoms with van der Waals surface area (Å²) in [5.41, 5.74) is 23.3. The van der Waals surface area contributed by atoms with E-state index in [0.717, 1.165) is 0 Å². The minimum atomic E-state index is -1.69. The minimum absolute atomic E-state index is 0.568. The van der Waals surface area contributed by atoms with E-state index in [1.165, 1.54) is 64.6 Å². The molecule has 0 N–H and O–H groups in total. The summed E-state index contributed by atoms with van der Waals surface area (Å²) in [6, 6.07) is 27.1. The van der Waals surface area contributed by atoms with Gasteiger partial charge in [0.15, 0.2) is 0 Å². The molecule has 0 saturated heterocycles. The van der Waals surface area contributed by atoms with E-state index in [1.54, 1.807) is 22.3 Å². The van der Waals surface area contributed by atoms with E-state index in [-0.39, 0.29) is 0 Å². The number of halogens is 2. The number of rotatable bonds is 4. The quantitative estimate of drug-likeness (QED) is 0.180. The van der Waals surface area contributed by atoms with E-state index in [4.69, 9.17) is 0 Å². The van der Waals surface area contributed by atoms with Crippen molar-refractivity contribution in [1.82, 2.24) is 0 Å². The van der Waals surface area contributed by atoms with Gasteiger partial charge in [-0.05, 0) is 109 Å². The van der Waals surface area contributed by atoms with Gasteiger partial charge in [-0.25, -0.2) is 0 Å². The van der Waals surface area contributed by atoms with Crippen LogP contribution in [-0.2, 0) is 0 Å². The standard InChI is InChI=1S/C24H28Si.C22H22Br2Si/c1-15-9-7-11-19-21(15)13-17(3)23(19)25(5,6)24-18(4)14-22-16(2)10-8-12-20(22)24;1-13-11-17-15(7-5-9-19(17)23)21(13)25(3,4)22-14(2)12-18-16(22)8-6-10-20(18)24/h7-14,23-24H,1-6H3;5-12,21-22H,1-4H3. The maximum atomic E-state index is 3.75. The number of benzene rings is 4. The van der Waals surface area contributed by atoms with E-state index in [2.05, 4.69) is 197 Å². The summed E-state index contributed by atoms with van der Waals surface area (Å²) in [5, 5.41) is 0. The molecule has 4 aromatic rings. The topological polar surface area (TPSA) is 0 Å². The normalized spacial score (nSPS) is 21.7. The van der Waals surface area contributed by atoms with Crippen molar-refractivity contribution in [3.05, 3.63) is 160 Å². The highest BCUT2D eigenvalue weighted by atomic mass is 79.9. The van der Waals surface area contributed by atoms with E-state index >= 15 is 0 Å². The van der Waals surface area contributed by atoms with Crippen LogP contribution < -0.4 is 0 Å². The van der Waals surface area contributed by atoms with Gasteiger partial charge in [0, 0.05) is 31.1 Å². The molecule has 0 radical (unpaired) electrons. The fourth-order valence-electron chi connectivity index (χ4n) is 10.7. The second-order valence-corrected chi connectivity index (χ2v) is 27.9. The van der Waals surface area contributed by atoms with Crippen molar-refractivity contribution in [3.63, 3.8) is 0 Å². The Bertz CT molecular complexity index is 1870. The SMILES string of the molecule is CC1=Cc2c(Br)cccc2C1[Si](C)(C)C1C(C)=Cc2c(Br)cccc21.CC1=Cc2c(C)cccc2C1[Si](C)(C)C1C(C)=Cc2c(C)cccc21. The summed E-state index contributed by atoms with van der Waals surface area (Å²) in [6.45, 7) is 24.2. The summed E-state index contributed by atoms with van der Waals surface area (Å²) in [4.78, 5) is 0. The van der Waals surface area contributed by atoms with E-state index in [0.29, 0.717) is 22.2 Å². The molecule has 0 aliphatic heterocycles. The van der Waals surface area contributed by atoms with Crippen LogP contribution in [0.5, 0.6) is 0 Å². The molecule has 0 spiro atoms. The lowest BCUT2D eigenvalue weighted by Gasteiger charge is -2.39. The number of aryl methyl sites for hydroxylation is 2. The molecule has 0 bridgehead atoms. The zero-order valence-electron chi connectivity index (χ0n) is 31.3. The van der Waals surface area contributed by atoms with Crippen molar-refractivity contribution in [2.24, 2.45) is 0 Å². The van der Waals surface area contributed by atoms with Crippen LogP contribution in [0.2, 0.25) is 26.2 Å². The Balaban J connectivity index is 0.000000157. The fourth-order valence-corrected chi connectivity index (χ4v) is 21.6. The van der Waals surface area contributed by atoms with Crippen LogP contribution in [0.25, 0.3) is 24.3 Å². The lowest BCUT2D eigenvalue weighted by molar-refractivity contribution is 0.966. The molecule has 50 heavy (non-hydrogen) atoms. The molecular weight excluding hydrogens is 768 g/mol. The van der Waals surface area contributed by atoms with E-state index in [9.17, 15) is 0 Å². The third kappa shape index (κ3) is 5.64. The summed E-state index contributed by atoms with van der Waals surface area (Å²) in [7, 11) is -3.34. The molecule has 4 heteroatoms. The van der Waals surface area contributed by atoms with Crippen molar-refractivity contribution in [1.29, 1.82) is 0 Å². The van der Waals surface area contributed by atoms with E-state index < -0.39 is 16.1 Å². The van der Waals surface area contributed by atoms with Crippen molar-refractivity contribution in [3.8, 4) is 0 Å². The molecule has 4 atom stereocenters. The van der Waals surface area contributed by atoms with Gasteiger partial charge in [-0.15, -0.1) is 0 Å². The molecule has 256 valence electrons. The van der Waals surface area contributed by atoms with Crippen LogP contribution in [0, 0.1) is 13.8 Å². The first-order valence-electron chi connectivity index (χ1n) is 18.1. The van der Waals surface area contributed by atoms with Crippen LogP contribution >= 0.6 is 31.9 Å². The van der Waals surface area contributed by atoms with Gasteiger partial charge in [-0.2, -0.15) is 0 Å². The Labute approximate surface area is 319 Å². The molecule has 0 nitrogen and oxygen atoms in total. The second-order valence-electron chi connectivity index (χ2n) is 16.6. The number of hydrogen-bond acceptors (Lipinski definition) is 0. The molecule has 4 unspecified atom stereocenters. The molecule has 4 aliphatic rings. The Kier molecular flexibility index (Phi) is 9.28. The first-order valence-corrected chi connectivity index (χ1v) is 26.0. The highest BCUT2D eigenvalue weighted by Gasteiger charge is 2.48. The molecule has 4 aromatic carbocycles. The number of hydrogen-bond donors (Lipinski definition) is 0. The van der Waals surface area contributed by atoms with Crippen molar-refractivity contribution < 1.29 is 0 Å². The highest BCUT2D eigenvalue weighted by molar-refractivity contribution is 9.10. The minimum Gasteiger partial charge on any atom is -0.0679 e. The third-order valence-electron chi connectivity index (χ3n) is 12.4. The van der Waals surface area contributed by atoms with Crippen LogP contribution in [-0.4, -0.2) is 16.1 Å². The molecule has 0 saturated carbocycles. The van der Waals surface area contributed by atoms with Gasteiger partial charge in [0.25, 0.3) is 0 Å². The molecule has 0 heterocycles. The molecule has 4 aliphatic carbocycles. The second kappa shape index (κ2) is 13.0. The first-order chi connectivity index (χ1) is 23.6. The van der Waals surface area contributed by atoms with Crippen LogP contribution in [0.1, 0.15) is 105 Å². The zero-order chi connectivity index (χ0) is 35.9. The van der Waals surface area contributed by atoms with Gasteiger partial charge in [0.2, 0.25) is 0 Å². The third-order valence-corrected chi connectivity index (χ3v) is 22.8. The lowest BCUT2D eigenvalue weighted by Crippen LogP contribution is -2.42. The van der Waals surface area contributed by atoms with Crippen molar-refractivity contribution in [2.45, 2.75) is 89.9 Å². The summed E-state index contributed by atoms with van der Waals surface area (Å²) in [6.07, 6.45) is 9.70. The summed E-state index contributed by atoms with van der Waals surface area (Å²) >= 11 is 7.51. The van der Waals surface area contributed by atoms with Crippen LogP contribution in [0.4, 0.5) is 0 Å². The smallest absolute Gasteiger partial charge is 0.0679 e. The Morgan fingerprint density at radius 1 is 0.380 bits per heavy atom. The monoisotopic (exact) mass is 816 g/mol. The maximum Gasteiger partial charge on any atom is 0.0722 e. The largest absolute Gasteiger partial charge is 0.0722 e. The number of fused-ring (bicyclic) bond motifs is 4. The lowest BCUT2D eigenvalue weighted by atomic mass is 10.0. The fraction of sp³-hybridized carbons (Fsp3) is 0.304. The Hall–Kier alpha value is -2.77. The first kappa shape index (κ1) is 35.6. The summed E-state index contributed by atoms with van der Waals surface area (Å²) < 4.78 is 2.44. The molecule has 8 rings (SSSR count). The van der Waals surface area contributed by atoms with Gasteiger partial charge in [-0.3, -0.25) is 0 Å². The molecule has 0 aromatic heterocycles. The highest BCUT2D eigenvalue weighted by Crippen LogP contribution is 2.55. The van der Waals surface area contributed by atoms with Gasteiger partial charge < -0.3 is 0 Å². The van der Waals surface area contributed by atoms with Gasteiger partial charge in [0.05, 0.1) is 16.1 Å².